The van der Waals surface area contributed by atoms with Crippen LogP contribution in [0.15, 0.2) is 30.3 Å². The zero-order chi connectivity index (χ0) is 20.0. The molecule has 0 spiro atoms. The molecule has 0 radical (unpaired) electrons. The maximum Gasteiger partial charge on any atom is 0.272 e. The molecule has 2 rings (SSSR count). The topological polar surface area (TPSA) is 80.3 Å². The van der Waals surface area contributed by atoms with Gasteiger partial charge in [0.15, 0.2) is 0 Å². The third kappa shape index (κ3) is 6.49. The minimum atomic E-state index is -2.58. The summed E-state index contributed by atoms with van der Waals surface area (Å²) in [6, 6.07) is 7.55. The number of halogens is 3. The van der Waals surface area contributed by atoms with E-state index in [-0.39, 0.29) is 34.9 Å². The van der Waals surface area contributed by atoms with Crippen LogP contribution < -0.4 is 15.4 Å². The van der Waals surface area contributed by atoms with Crippen LogP contribution in [-0.4, -0.2) is 29.8 Å². The molecule has 0 fully saturated rings. The van der Waals surface area contributed by atoms with Crippen LogP contribution in [0.2, 0.25) is 5.02 Å². The molecule has 0 aliphatic rings. The van der Waals surface area contributed by atoms with Crippen molar-refractivity contribution >= 4 is 29.2 Å². The second kappa shape index (κ2) is 9.27. The summed E-state index contributed by atoms with van der Waals surface area (Å²) in [7, 11) is 0. The molecule has 2 amide bonds. The number of nitrogens with zero attached hydrogens (tertiary/aromatic N) is 1. The van der Waals surface area contributed by atoms with Crippen molar-refractivity contribution in [1.82, 2.24) is 10.3 Å². The van der Waals surface area contributed by atoms with Crippen molar-refractivity contribution in [2.24, 2.45) is 0 Å². The normalized spacial score (nSPS) is 10.6. The van der Waals surface area contributed by atoms with Gasteiger partial charge in [0.2, 0.25) is 5.91 Å². The fourth-order valence-corrected chi connectivity index (χ4v) is 2.48. The number of nitrogens with one attached hydrogen (secondary N) is 2. The minimum Gasteiger partial charge on any atom is -0.488 e. The quantitative estimate of drug-likeness (QED) is 0.748. The predicted molar refractivity (Wildman–Crippen MR) is 97.4 cm³/mol. The van der Waals surface area contributed by atoms with Gasteiger partial charge in [-0.2, -0.15) is 0 Å². The number of hydrogen-bond donors (Lipinski definition) is 2. The fraction of sp³-hybridized carbons (Fsp3) is 0.278. The lowest BCUT2D eigenvalue weighted by atomic mass is 10.2. The van der Waals surface area contributed by atoms with Gasteiger partial charge in [-0.15, -0.1) is 0 Å². The highest BCUT2D eigenvalue weighted by Crippen LogP contribution is 2.23. The molecule has 27 heavy (non-hydrogen) atoms. The van der Waals surface area contributed by atoms with Crippen LogP contribution in [0.5, 0.6) is 5.75 Å². The molecule has 0 aliphatic carbocycles. The Hall–Kier alpha value is -2.74. The Labute approximate surface area is 159 Å². The molecular formula is C18H18ClF2N3O3. The molecule has 1 heterocycles. The van der Waals surface area contributed by atoms with Crippen LogP contribution in [0.3, 0.4) is 0 Å². The SMILES string of the molecule is CC(=O)Nc1cc(C(=O)NCc2ccc(OCC(F)F)cc2Cl)cc(C)n1. The Kier molecular flexibility index (Phi) is 7.06. The number of carbonyl (C=O) groups is 2. The van der Waals surface area contributed by atoms with E-state index in [1.165, 1.54) is 25.1 Å². The van der Waals surface area contributed by atoms with E-state index in [0.717, 1.165) is 0 Å². The molecule has 1 aromatic carbocycles. The molecule has 0 saturated carbocycles. The molecule has 0 atom stereocenters. The number of carbonyl (C=O) groups excluding carboxylic acids is 2. The first-order valence-electron chi connectivity index (χ1n) is 7.98. The van der Waals surface area contributed by atoms with Gasteiger partial charge in [0, 0.05) is 29.7 Å². The number of amides is 2. The smallest absolute Gasteiger partial charge is 0.272 e. The van der Waals surface area contributed by atoms with Gasteiger partial charge in [0.25, 0.3) is 12.3 Å². The van der Waals surface area contributed by atoms with Crippen LogP contribution in [-0.2, 0) is 11.3 Å². The van der Waals surface area contributed by atoms with Crippen LogP contribution in [0.4, 0.5) is 14.6 Å². The van der Waals surface area contributed by atoms with Crippen molar-refractivity contribution in [1.29, 1.82) is 0 Å². The lowest BCUT2D eigenvalue weighted by Gasteiger charge is -2.11. The molecule has 2 N–H and O–H groups in total. The molecular weight excluding hydrogens is 380 g/mol. The Morgan fingerprint density at radius 3 is 2.63 bits per heavy atom. The summed E-state index contributed by atoms with van der Waals surface area (Å²) in [6.07, 6.45) is -2.58. The monoisotopic (exact) mass is 397 g/mol. The number of alkyl halides is 2. The number of pyridine rings is 1. The maximum absolute atomic E-state index is 12.4. The van der Waals surface area contributed by atoms with Crippen LogP contribution in [0, 0.1) is 6.92 Å². The molecule has 0 unspecified atom stereocenters. The number of hydrogen-bond acceptors (Lipinski definition) is 4. The zero-order valence-electron chi connectivity index (χ0n) is 14.7. The highest BCUT2D eigenvalue weighted by molar-refractivity contribution is 6.31. The van der Waals surface area contributed by atoms with Crippen molar-refractivity contribution in [3.63, 3.8) is 0 Å². The van der Waals surface area contributed by atoms with Gasteiger partial charge in [-0.25, -0.2) is 13.8 Å². The Morgan fingerprint density at radius 2 is 2.00 bits per heavy atom. The first-order valence-corrected chi connectivity index (χ1v) is 8.36. The van der Waals surface area contributed by atoms with E-state index in [1.54, 1.807) is 19.1 Å². The van der Waals surface area contributed by atoms with E-state index >= 15 is 0 Å². The summed E-state index contributed by atoms with van der Waals surface area (Å²) >= 11 is 6.11. The van der Waals surface area contributed by atoms with E-state index in [2.05, 4.69) is 15.6 Å². The molecule has 2 aromatic rings. The first-order chi connectivity index (χ1) is 12.7. The summed E-state index contributed by atoms with van der Waals surface area (Å²) in [4.78, 5) is 27.6. The lowest BCUT2D eigenvalue weighted by Crippen LogP contribution is -2.23. The Morgan fingerprint density at radius 1 is 1.26 bits per heavy atom. The predicted octanol–water partition coefficient (Wildman–Crippen LogP) is 3.58. The van der Waals surface area contributed by atoms with Crippen molar-refractivity contribution in [3.8, 4) is 5.75 Å². The van der Waals surface area contributed by atoms with Gasteiger partial charge in [-0.3, -0.25) is 9.59 Å². The second-order valence-corrected chi connectivity index (χ2v) is 6.11. The maximum atomic E-state index is 12.4. The zero-order valence-corrected chi connectivity index (χ0v) is 15.4. The minimum absolute atomic E-state index is 0.129. The van der Waals surface area contributed by atoms with Crippen LogP contribution >= 0.6 is 11.6 Å². The van der Waals surface area contributed by atoms with Crippen LogP contribution in [0.25, 0.3) is 0 Å². The van der Waals surface area contributed by atoms with Gasteiger partial charge in [-0.05, 0) is 36.8 Å². The van der Waals surface area contributed by atoms with Gasteiger partial charge in [0.05, 0.1) is 0 Å². The van der Waals surface area contributed by atoms with Gasteiger partial charge < -0.3 is 15.4 Å². The number of anilines is 1. The largest absolute Gasteiger partial charge is 0.488 e. The highest BCUT2D eigenvalue weighted by atomic mass is 35.5. The molecule has 1 aromatic heterocycles. The van der Waals surface area contributed by atoms with Gasteiger partial charge >= 0.3 is 0 Å². The number of rotatable bonds is 7. The van der Waals surface area contributed by atoms with E-state index in [0.29, 0.717) is 16.8 Å². The molecule has 144 valence electrons. The number of aromatic nitrogens is 1. The van der Waals surface area contributed by atoms with E-state index in [1.807, 2.05) is 0 Å². The van der Waals surface area contributed by atoms with E-state index < -0.39 is 13.0 Å². The van der Waals surface area contributed by atoms with Crippen molar-refractivity contribution in [2.45, 2.75) is 26.8 Å². The van der Waals surface area contributed by atoms with Gasteiger partial charge in [0.1, 0.15) is 18.2 Å². The summed E-state index contributed by atoms with van der Waals surface area (Å²) in [5.41, 5.74) is 1.51. The summed E-state index contributed by atoms with van der Waals surface area (Å²) < 4.78 is 29.2. The Balaban J connectivity index is 2.03. The number of benzene rings is 1. The average Bonchev–Trinajstić information content (AvgIpc) is 2.57. The summed E-state index contributed by atoms with van der Waals surface area (Å²) in [5, 5.41) is 5.52. The van der Waals surface area contributed by atoms with E-state index in [9.17, 15) is 18.4 Å². The fourth-order valence-electron chi connectivity index (χ4n) is 2.24. The van der Waals surface area contributed by atoms with E-state index in [4.69, 9.17) is 16.3 Å². The summed E-state index contributed by atoms with van der Waals surface area (Å²) in [5.74, 6) is -0.159. The number of ether oxygens (including phenoxy) is 1. The van der Waals surface area contributed by atoms with Crippen LogP contribution in [0.1, 0.15) is 28.5 Å². The second-order valence-electron chi connectivity index (χ2n) is 5.70. The van der Waals surface area contributed by atoms with Crippen molar-refractivity contribution < 1.29 is 23.1 Å². The van der Waals surface area contributed by atoms with Crippen molar-refractivity contribution in [2.75, 3.05) is 11.9 Å². The molecule has 0 aliphatic heterocycles. The molecule has 6 nitrogen and oxygen atoms in total. The summed E-state index contributed by atoms with van der Waals surface area (Å²) in [6.45, 7) is 2.46. The third-order valence-corrected chi connectivity index (χ3v) is 3.71. The lowest BCUT2D eigenvalue weighted by molar-refractivity contribution is -0.114. The molecule has 9 heteroatoms. The van der Waals surface area contributed by atoms with Crippen molar-refractivity contribution in [3.05, 3.63) is 52.2 Å². The Bertz CT molecular complexity index is 847. The molecule has 0 saturated heterocycles. The molecule has 0 bridgehead atoms. The average molecular weight is 398 g/mol. The highest BCUT2D eigenvalue weighted by Gasteiger charge is 2.11. The standard InChI is InChI=1S/C18H18ClF2N3O3/c1-10-5-13(6-17(23-10)24-11(2)25)18(26)22-8-12-3-4-14(7-15(12)19)27-9-16(20)21/h3-7,16H,8-9H2,1-2H3,(H,22,26)(H,23,24,25). The van der Waals surface area contributed by atoms with Gasteiger partial charge in [-0.1, -0.05) is 17.7 Å². The third-order valence-electron chi connectivity index (χ3n) is 3.36. The first kappa shape index (κ1) is 20.6. The number of aryl methyl sites for hydroxylation is 1.